The van der Waals surface area contributed by atoms with Gasteiger partial charge in [-0.1, -0.05) is 12.1 Å². The summed E-state index contributed by atoms with van der Waals surface area (Å²) < 4.78 is 10.4. The highest BCUT2D eigenvalue weighted by Crippen LogP contribution is 2.28. The molecule has 2 unspecified atom stereocenters. The number of carbonyl (C=O) groups is 1. The van der Waals surface area contributed by atoms with E-state index in [9.17, 15) is 4.79 Å². The lowest BCUT2D eigenvalue weighted by Gasteiger charge is -2.20. The second-order valence-electron chi connectivity index (χ2n) is 5.36. The van der Waals surface area contributed by atoms with Crippen LogP contribution in [0.3, 0.4) is 0 Å². The third-order valence-corrected chi connectivity index (χ3v) is 3.71. The molecule has 0 aromatic heterocycles. The van der Waals surface area contributed by atoms with Gasteiger partial charge in [0, 0.05) is 26.1 Å². The van der Waals surface area contributed by atoms with E-state index < -0.39 is 0 Å². The maximum absolute atomic E-state index is 11.9. The fraction of sp³-hybridized carbons (Fsp3) is 0.562. The van der Waals surface area contributed by atoms with Gasteiger partial charge in [-0.25, -0.2) is 0 Å². The first kappa shape index (κ1) is 15.8. The van der Waals surface area contributed by atoms with Crippen molar-refractivity contribution >= 4 is 5.91 Å². The summed E-state index contributed by atoms with van der Waals surface area (Å²) in [6.45, 7) is 5.76. The molecule has 2 N–H and O–H groups in total. The monoisotopic (exact) mass is 292 g/mol. The summed E-state index contributed by atoms with van der Waals surface area (Å²) in [5, 5.41) is 6.16. The molecule has 116 valence electrons. The van der Waals surface area contributed by atoms with Crippen LogP contribution in [0.1, 0.15) is 31.0 Å². The lowest BCUT2D eigenvalue weighted by Crippen LogP contribution is -2.44. The SMILES string of the molecule is COCCNC(=O)C(C)NC(C)c1ccc2c(c1)CCO2. The molecular formula is C16H24N2O3. The van der Waals surface area contributed by atoms with E-state index in [1.165, 1.54) is 11.1 Å². The molecule has 0 bridgehead atoms. The van der Waals surface area contributed by atoms with Crippen LogP contribution in [0.4, 0.5) is 0 Å². The van der Waals surface area contributed by atoms with Crippen LogP contribution >= 0.6 is 0 Å². The van der Waals surface area contributed by atoms with Crippen molar-refractivity contribution in [2.45, 2.75) is 32.4 Å². The Morgan fingerprint density at radius 3 is 3.00 bits per heavy atom. The van der Waals surface area contributed by atoms with Crippen LogP contribution in [-0.2, 0) is 16.0 Å². The smallest absolute Gasteiger partial charge is 0.236 e. The Kier molecular flexibility index (Phi) is 5.59. The fourth-order valence-electron chi connectivity index (χ4n) is 2.45. The number of hydrogen-bond acceptors (Lipinski definition) is 4. The van der Waals surface area contributed by atoms with Gasteiger partial charge in [0.25, 0.3) is 0 Å². The molecule has 5 nitrogen and oxygen atoms in total. The first-order chi connectivity index (χ1) is 10.1. The number of hydrogen-bond donors (Lipinski definition) is 2. The van der Waals surface area contributed by atoms with Crippen LogP contribution in [0.5, 0.6) is 5.75 Å². The number of nitrogens with one attached hydrogen (secondary N) is 2. The van der Waals surface area contributed by atoms with Gasteiger partial charge in [0.05, 0.1) is 19.3 Å². The molecule has 1 aliphatic heterocycles. The van der Waals surface area contributed by atoms with Crippen molar-refractivity contribution in [2.24, 2.45) is 0 Å². The Labute approximate surface area is 126 Å². The average Bonchev–Trinajstić information content (AvgIpc) is 2.94. The van der Waals surface area contributed by atoms with Gasteiger partial charge >= 0.3 is 0 Å². The highest BCUT2D eigenvalue weighted by atomic mass is 16.5. The van der Waals surface area contributed by atoms with Crippen molar-refractivity contribution in [2.75, 3.05) is 26.9 Å². The molecule has 1 aliphatic rings. The number of fused-ring (bicyclic) bond motifs is 1. The van der Waals surface area contributed by atoms with Gasteiger partial charge in [0.1, 0.15) is 5.75 Å². The lowest BCUT2D eigenvalue weighted by atomic mass is 10.0. The minimum atomic E-state index is -0.249. The molecule has 2 rings (SSSR count). The van der Waals surface area contributed by atoms with E-state index >= 15 is 0 Å². The molecule has 1 aromatic carbocycles. The van der Waals surface area contributed by atoms with Gasteiger partial charge in [0.15, 0.2) is 0 Å². The van der Waals surface area contributed by atoms with Crippen LogP contribution in [-0.4, -0.2) is 38.8 Å². The zero-order valence-electron chi connectivity index (χ0n) is 12.9. The maximum atomic E-state index is 11.9. The minimum absolute atomic E-state index is 0.0107. The van der Waals surface area contributed by atoms with Crippen LogP contribution in [0, 0.1) is 0 Å². The Morgan fingerprint density at radius 1 is 1.43 bits per heavy atom. The predicted molar refractivity (Wildman–Crippen MR) is 81.5 cm³/mol. The number of benzene rings is 1. The second-order valence-corrected chi connectivity index (χ2v) is 5.36. The summed E-state index contributed by atoms with van der Waals surface area (Å²) in [4.78, 5) is 11.9. The van der Waals surface area contributed by atoms with Gasteiger partial charge in [-0.15, -0.1) is 0 Å². The molecule has 0 saturated heterocycles. The lowest BCUT2D eigenvalue weighted by molar-refractivity contribution is -0.123. The molecule has 0 radical (unpaired) electrons. The number of ether oxygens (including phenoxy) is 2. The van der Waals surface area contributed by atoms with E-state index in [1.807, 2.05) is 13.0 Å². The number of carbonyl (C=O) groups excluding carboxylic acids is 1. The van der Waals surface area contributed by atoms with E-state index in [1.54, 1.807) is 7.11 Å². The number of methoxy groups -OCH3 is 1. The molecule has 1 heterocycles. The van der Waals surface area contributed by atoms with Crippen molar-refractivity contribution in [3.63, 3.8) is 0 Å². The number of rotatable bonds is 7. The molecule has 0 spiro atoms. The third kappa shape index (κ3) is 4.19. The van der Waals surface area contributed by atoms with Crippen molar-refractivity contribution in [1.82, 2.24) is 10.6 Å². The van der Waals surface area contributed by atoms with Crippen LogP contribution < -0.4 is 15.4 Å². The van der Waals surface area contributed by atoms with Crippen molar-refractivity contribution in [3.05, 3.63) is 29.3 Å². The van der Waals surface area contributed by atoms with Crippen molar-refractivity contribution < 1.29 is 14.3 Å². The zero-order chi connectivity index (χ0) is 15.2. The normalized spacial score (nSPS) is 16.0. The molecule has 21 heavy (non-hydrogen) atoms. The number of amides is 1. The Balaban J connectivity index is 1.88. The Bertz CT molecular complexity index is 490. The summed E-state index contributed by atoms with van der Waals surface area (Å²) in [5.74, 6) is 0.972. The Hall–Kier alpha value is -1.59. The van der Waals surface area contributed by atoms with Crippen molar-refractivity contribution in [3.8, 4) is 5.75 Å². The van der Waals surface area contributed by atoms with E-state index in [0.717, 1.165) is 18.8 Å². The first-order valence-electron chi connectivity index (χ1n) is 7.40. The van der Waals surface area contributed by atoms with Gasteiger partial charge in [0.2, 0.25) is 5.91 Å². The quantitative estimate of drug-likeness (QED) is 0.746. The molecule has 1 amide bonds. The van der Waals surface area contributed by atoms with E-state index in [-0.39, 0.29) is 18.0 Å². The molecule has 5 heteroatoms. The van der Waals surface area contributed by atoms with Gasteiger partial charge in [-0.05, 0) is 31.0 Å². The zero-order valence-corrected chi connectivity index (χ0v) is 12.9. The standard InChI is InChI=1S/C16H24N2O3/c1-11(18-12(2)16(19)17-7-9-20-3)13-4-5-15-14(10-13)6-8-21-15/h4-5,10-12,18H,6-9H2,1-3H3,(H,17,19). The molecule has 0 fully saturated rings. The van der Waals surface area contributed by atoms with E-state index in [0.29, 0.717) is 13.2 Å². The van der Waals surface area contributed by atoms with Crippen LogP contribution in [0.15, 0.2) is 18.2 Å². The first-order valence-corrected chi connectivity index (χ1v) is 7.40. The summed E-state index contributed by atoms with van der Waals surface area (Å²) in [6, 6.07) is 6.09. The van der Waals surface area contributed by atoms with Gasteiger partial charge in [-0.3, -0.25) is 10.1 Å². The van der Waals surface area contributed by atoms with Crippen LogP contribution in [0.2, 0.25) is 0 Å². The third-order valence-electron chi connectivity index (χ3n) is 3.71. The molecule has 1 aromatic rings. The molecular weight excluding hydrogens is 268 g/mol. The van der Waals surface area contributed by atoms with E-state index in [2.05, 4.69) is 29.7 Å². The van der Waals surface area contributed by atoms with Gasteiger partial charge < -0.3 is 14.8 Å². The second kappa shape index (κ2) is 7.43. The maximum Gasteiger partial charge on any atom is 0.236 e. The van der Waals surface area contributed by atoms with E-state index in [4.69, 9.17) is 9.47 Å². The van der Waals surface area contributed by atoms with Gasteiger partial charge in [-0.2, -0.15) is 0 Å². The predicted octanol–water partition coefficient (Wildman–Crippen LogP) is 1.42. The van der Waals surface area contributed by atoms with Crippen molar-refractivity contribution in [1.29, 1.82) is 0 Å². The molecule has 0 aliphatic carbocycles. The Morgan fingerprint density at radius 2 is 2.24 bits per heavy atom. The topological polar surface area (TPSA) is 59.6 Å². The summed E-state index contributed by atoms with van der Waals surface area (Å²) in [5.41, 5.74) is 2.43. The average molecular weight is 292 g/mol. The van der Waals surface area contributed by atoms with Crippen LogP contribution in [0.25, 0.3) is 0 Å². The highest BCUT2D eigenvalue weighted by Gasteiger charge is 2.18. The molecule has 2 atom stereocenters. The minimum Gasteiger partial charge on any atom is -0.493 e. The summed E-state index contributed by atoms with van der Waals surface area (Å²) in [7, 11) is 1.62. The fourth-order valence-corrected chi connectivity index (χ4v) is 2.45. The largest absolute Gasteiger partial charge is 0.493 e. The summed E-state index contributed by atoms with van der Waals surface area (Å²) >= 11 is 0. The molecule has 0 saturated carbocycles. The highest BCUT2D eigenvalue weighted by molar-refractivity contribution is 5.81. The summed E-state index contributed by atoms with van der Waals surface area (Å²) in [6.07, 6.45) is 0.961.